The van der Waals surface area contributed by atoms with Gasteiger partial charge in [0.1, 0.15) is 6.42 Å². The van der Waals surface area contributed by atoms with Crippen molar-refractivity contribution in [3.05, 3.63) is 29.8 Å². The third-order valence-corrected chi connectivity index (χ3v) is 4.91. The van der Waals surface area contributed by atoms with Crippen LogP contribution >= 0.6 is 0 Å². The fourth-order valence-electron chi connectivity index (χ4n) is 3.47. The molecule has 0 spiro atoms. The molecular weight excluding hydrogens is 358 g/mol. The van der Waals surface area contributed by atoms with Crippen LogP contribution < -0.4 is 5.32 Å². The van der Waals surface area contributed by atoms with Gasteiger partial charge in [-0.25, -0.2) is 4.79 Å². The molecule has 1 aromatic rings. The van der Waals surface area contributed by atoms with Crippen LogP contribution in [0.25, 0.3) is 0 Å². The Morgan fingerprint density at radius 3 is 2.43 bits per heavy atom. The van der Waals surface area contributed by atoms with E-state index in [-0.39, 0.29) is 18.4 Å². The Balaban J connectivity index is 1.94. The maximum Gasteiger partial charge on any atom is 0.338 e. The number of esters is 1. The van der Waals surface area contributed by atoms with E-state index >= 15 is 0 Å². The Kier molecular flexibility index (Phi) is 8.00. The molecule has 0 unspecified atom stereocenters. The molecule has 0 saturated heterocycles. The number of amides is 2. The van der Waals surface area contributed by atoms with Gasteiger partial charge in [0, 0.05) is 18.3 Å². The third kappa shape index (κ3) is 5.81. The number of ether oxygens (including phenoxy) is 1. The molecule has 1 aromatic carbocycles. The molecule has 0 radical (unpaired) electrons. The van der Waals surface area contributed by atoms with E-state index in [0.29, 0.717) is 17.8 Å². The average Bonchev–Trinajstić information content (AvgIpc) is 2.70. The van der Waals surface area contributed by atoms with Crippen molar-refractivity contribution in [2.24, 2.45) is 0 Å². The third-order valence-electron chi connectivity index (χ3n) is 4.91. The predicted octanol–water partition coefficient (Wildman–Crippen LogP) is 3.27. The van der Waals surface area contributed by atoms with Crippen LogP contribution in [0.5, 0.6) is 0 Å². The van der Waals surface area contributed by atoms with E-state index in [0.717, 1.165) is 25.7 Å². The lowest BCUT2D eigenvalue weighted by Gasteiger charge is -2.35. The second-order valence-corrected chi connectivity index (χ2v) is 6.92. The molecule has 0 bridgehead atoms. The van der Waals surface area contributed by atoms with Gasteiger partial charge in [-0.05, 0) is 51.0 Å². The zero-order valence-electron chi connectivity index (χ0n) is 16.4. The molecule has 150 valence electrons. The number of carbonyl (C=O) groups is 3. The summed E-state index contributed by atoms with van der Waals surface area (Å²) in [5.41, 5.74) is 0.772. The maximum absolute atomic E-state index is 12.8. The molecule has 1 aliphatic carbocycles. The van der Waals surface area contributed by atoms with E-state index in [1.807, 2.05) is 11.8 Å². The first-order chi connectivity index (χ1) is 13.5. The molecule has 1 aliphatic rings. The lowest BCUT2D eigenvalue weighted by atomic mass is 9.94. The van der Waals surface area contributed by atoms with Crippen LogP contribution in [0.2, 0.25) is 0 Å². The fourth-order valence-corrected chi connectivity index (χ4v) is 3.47. The first-order valence-corrected chi connectivity index (χ1v) is 9.74. The van der Waals surface area contributed by atoms with E-state index in [9.17, 15) is 14.4 Å². The van der Waals surface area contributed by atoms with Gasteiger partial charge in [-0.1, -0.05) is 19.3 Å². The minimum Gasteiger partial charge on any atom is -0.449 e. The predicted molar refractivity (Wildman–Crippen MR) is 104 cm³/mol. The zero-order valence-corrected chi connectivity index (χ0v) is 16.4. The number of carbonyl (C=O) groups excluding carboxylic acids is 3. The molecule has 0 aliphatic heterocycles. The SMILES string of the molecule is CCN(C(=O)[C@@H](C)OC(=O)c1ccc(NC(=O)CC#N)cc1)C1CCCCC1. The van der Waals surface area contributed by atoms with Crippen LogP contribution in [-0.2, 0) is 14.3 Å². The first-order valence-electron chi connectivity index (χ1n) is 9.74. The number of rotatable bonds is 7. The number of hydrogen-bond donors (Lipinski definition) is 1. The Morgan fingerprint density at radius 1 is 1.21 bits per heavy atom. The number of anilines is 1. The van der Waals surface area contributed by atoms with Gasteiger partial charge in [-0.15, -0.1) is 0 Å². The van der Waals surface area contributed by atoms with Gasteiger partial charge in [-0.2, -0.15) is 5.26 Å². The molecule has 2 rings (SSSR count). The Labute approximate surface area is 165 Å². The van der Waals surface area contributed by atoms with Gasteiger partial charge < -0.3 is 15.0 Å². The highest BCUT2D eigenvalue weighted by atomic mass is 16.5. The van der Waals surface area contributed by atoms with Crippen molar-refractivity contribution in [3.8, 4) is 6.07 Å². The summed E-state index contributed by atoms with van der Waals surface area (Å²) in [6.07, 6.45) is 4.36. The molecule has 0 heterocycles. The highest BCUT2D eigenvalue weighted by molar-refractivity contribution is 5.94. The first kappa shape index (κ1) is 21.4. The van der Waals surface area contributed by atoms with Crippen molar-refractivity contribution in [2.75, 3.05) is 11.9 Å². The largest absolute Gasteiger partial charge is 0.449 e. The number of benzene rings is 1. The minimum absolute atomic E-state index is 0.164. The quantitative estimate of drug-likeness (QED) is 0.726. The molecule has 1 saturated carbocycles. The van der Waals surface area contributed by atoms with Crippen molar-refractivity contribution >= 4 is 23.5 Å². The van der Waals surface area contributed by atoms with E-state index < -0.39 is 18.0 Å². The van der Waals surface area contributed by atoms with Crippen molar-refractivity contribution in [2.45, 2.75) is 64.5 Å². The fraction of sp³-hybridized carbons (Fsp3) is 0.524. The standard InChI is InChI=1S/C21H27N3O4/c1-3-24(18-7-5-4-6-8-18)20(26)15(2)28-21(27)16-9-11-17(12-10-16)23-19(25)13-14-22/h9-12,15,18H,3-8,13H2,1-2H3,(H,23,25)/t15-/m1/s1. The number of nitriles is 1. The summed E-state index contributed by atoms with van der Waals surface area (Å²) in [6.45, 7) is 4.14. The number of hydrogen-bond acceptors (Lipinski definition) is 5. The molecule has 28 heavy (non-hydrogen) atoms. The minimum atomic E-state index is -0.857. The lowest BCUT2D eigenvalue weighted by molar-refractivity contribution is -0.142. The monoisotopic (exact) mass is 385 g/mol. The van der Waals surface area contributed by atoms with Gasteiger partial charge in [0.2, 0.25) is 5.91 Å². The van der Waals surface area contributed by atoms with Crippen LogP contribution in [0, 0.1) is 11.3 Å². The highest BCUT2D eigenvalue weighted by Gasteiger charge is 2.29. The normalized spacial score (nSPS) is 15.2. The van der Waals surface area contributed by atoms with Gasteiger partial charge in [0.25, 0.3) is 5.91 Å². The Morgan fingerprint density at radius 2 is 1.86 bits per heavy atom. The summed E-state index contributed by atoms with van der Waals surface area (Å²) >= 11 is 0. The second-order valence-electron chi connectivity index (χ2n) is 6.92. The van der Waals surface area contributed by atoms with Crippen molar-refractivity contribution in [3.63, 3.8) is 0 Å². The average molecular weight is 385 g/mol. The number of likely N-dealkylation sites (N-methyl/N-ethyl adjacent to an activating group) is 1. The summed E-state index contributed by atoms with van der Waals surface area (Å²) in [5.74, 6) is -1.17. The topological polar surface area (TPSA) is 99.5 Å². The Bertz CT molecular complexity index is 733. The van der Waals surface area contributed by atoms with E-state index in [1.165, 1.54) is 18.6 Å². The van der Waals surface area contributed by atoms with Crippen LogP contribution in [-0.4, -0.2) is 41.4 Å². The smallest absolute Gasteiger partial charge is 0.338 e. The van der Waals surface area contributed by atoms with Crippen LogP contribution in [0.15, 0.2) is 24.3 Å². The molecule has 1 N–H and O–H groups in total. The van der Waals surface area contributed by atoms with E-state index in [4.69, 9.17) is 10.00 Å². The van der Waals surface area contributed by atoms with Crippen molar-refractivity contribution in [1.82, 2.24) is 4.90 Å². The van der Waals surface area contributed by atoms with Crippen LogP contribution in [0.1, 0.15) is 62.7 Å². The lowest BCUT2D eigenvalue weighted by Crippen LogP contribution is -2.46. The number of nitrogens with one attached hydrogen (secondary N) is 1. The van der Waals surface area contributed by atoms with Gasteiger partial charge in [-0.3, -0.25) is 9.59 Å². The van der Waals surface area contributed by atoms with Gasteiger partial charge in [0.05, 0.1) is 11.6 Å². The number of nitrogens with zero attached hydrogens (tertiary/aromatic N) is 2. The summed E-state index contributed by atoms with van der Waals surface area (Å²) < 4.78 is 5.37. The van der Waals surface area contributed by atoms with Crippen molar-refractivity contribution in [1.29, 1.82) is 5.26 Å². The maximum atomic E-state index is 12.8. The van der Waals surface area contributed by atoms with Gasteiger partial charge >= 0.3 is 5.97 Å². The summed E-state index contributed by atoms with van der Waals surface area (Å²) in [5, 5.41) is 11.0. The second kappa shape index (κ2) is 10.5. The van der Waals surface area contributed by atoms with Crippen LogP contribution in [0.3, 0.4) is 0 Å². The molecule has 0 aromatic heterocycles. The molecule has 1 fully saturated rings. The van der Waals surface area contributed by atoms with Crippen molar-refractivity contribution < 1.29 is 19.1 Å². The van der Waals surface area contributed by atoms with Gasteiger partial charge in [0.15, 0.2) is 6.10 Å². The summed E-state index contributed by atoms with van der Waals surface area (Å²) in [7, 11) is 0. The van der Waals surface area contributed by atoms with E-state index in [2.05, 4.69) is 5.32 Å². The van der Waals surface area contributed by atoms with E-state index in [1.54, 1.807) is 25.1 Å². The summed E-state index contributed by atoms with van der Waals surface area (Å²) in [6, 6.07) is 8.13. The molecule has 2 amide bonds. The summed E-state index contributed by atoms with van der Waals surface area (Å²) in [4.78, 5) is 38.3. The molecule has 7 nitrogen and oxygen atoms in total. The zero-order chi connectivity index (χ0) is 20.5. The molecular formula is C21H27N3O4. The highest BCUT2D eigenvalue weighted by Crippen LogP contribution is 2.23. The molecule has 7 heteroatoms. The molecule has 1 atom stereocenters. The van der Waals surface area contributed by atoms with Crippen LogP contribution in [0.4, 0.5) is 5.69 Å². The Hall–Kier alpha value is -2.88.